The first-order valence-corrected chi connectivity index (χ1v) is 22.3. The largest absolute Gasteiger partial charge is 0.310 e. The molecule has 0 saturated heterocycles. The zero-order valence-electron chi connectivity index (χ0n) is 34.4. The van der Waals surface area contributed by atoms with Crippen molar-refractivity contribution in [1.82, 2.24) is 9.13 Å². The van der Waals surface area contributed by atoms with Crippen molar-refractivity contribution in [3.63, 3.8) is 0 Å². The monoisotopic (exact) mass is 794 g/mol. The fourth-order valence-electron chi connectivity index (χ4n) is 13.3. The first kappa shape index (κ1) is 32.8. The Morgan fingerprint density at radius 3 is 1.63 bits per heavy atom. The van der Waals surface area contributed by atoms with Crippen molar-refractivity contribution < 1.29 is 0 Å². The summed E-state index contributed by atoms with van der Waals surface area (Å²) >= 11 is 0. The maximum absolute atomic E-state index is 2.72. The quantitative estimate of drug-likeness (QED) is 0.154. The molecule has 2 nitrogen and oxygen atoms in total. The van der Waals surface area contributed by atoms with E-state index in [9.17, 15) is 0 Å². The molecule has 0 radical (unpaired) electrons. The van der Waals surface area contributed by atoms with E-state index < -0.39 is 5.41 Å². The van der Waals surface area contributed by atoms with Gasteiger partial charge >= 0.3 is 0 Å². The molecule has 1 spiro atoms. The van der Waals surface area contributed by atoms with Crippen LogP contribution in [0, 0.1) is 6.92 Å². The Bertz CT molecular complexity index is 4060. The van der Waals surface area contributed by atoms with Gasteiger partial charge in [0.1, 0.15) is 0 Å². The maximum Gasteiger partial charge on any atom is 0.252 e. The van der Waals surface area contributed by atoms with E-state index in [0.29, 0.717) is 0 Å². The Labute approximate surface area is 364 Å². The normalized spacial score (nSPS) is 14.2. The molecule has 4 aliphatic rings. The minimum absolute atomic E-state index is 0.0262. The minimum Gasteiger partial charge on any atom is -0.310 e. The lowest BCUT2D eigenvalue weighted by molar-refractivity contribution is 0.749. The zero-order chi connectivity index (χ0) is 40.9. The molecule has 288 valence electrons. The van der Waals surface area contributed by atoms with Crippen LogP contribution in [0.3, 0.4) is 0 Å². The van der Waals surface area contributed by atoms with Gasteiger partial charge in [0.2, 0.25) is 0 Å². The van der Waals surface area contributed by atoms with E-state index >= 15 is 0 Å². The van der Waals surface area contributed by atoms with Crippen LogP contribution in [0.2, 0.25) is 0 Å². The summed E-state index contributed by atoms with van der Waals surface area (Å²) in [7, 11) is 0. The van der Waals surface area contributed by atoms with Crippen LogP contribution in [0.15, 0.2) is 194 Å². The number of para-hydroxylation sites is 4. The van der Waals surface area contributed by atoms with Crippen molar-refractivity contribution in [3.05, 3.63) is 222 Å². The van der Waals surface area contributed by atoms with Gasteiger partial charge in [0.15, 0.2) is 0 Å². The van der Waals surface area contributed by atoms with Crippen molar-refractivity contribution in [2.45, 2.75) is 12.3 Å². The zero-order valence-corrected chi connectivity index (χ0v) is 34.4. The molecule has 3 aliphatic heterocycles. The molecule has 0 N–H and O–H groups in total. The predicted molar refractivity (Wildman–Crippen MR) is 264 cm³/mol. The molecule has 0 atom stereocenters. The van der Waals surface area contributed by atoms with Gasteiger partial charge in [0, 0.05) is 43.8 Å². The van der Waals surface area contributed by atoms with Crippen LogP contribution in [0.1, 0.15) is 27.8 Å². The Morgan fingerprint density at radius 2 is 0.905 bits per heavy atom. The van der Waals surface area contributed by atoms with Crippen molar-refractivity contribution in [3.8, 4) is 44.8 Å². The van der Waals surface area contributed by atoms with Gasteiger partial charge in [-0.2, -0.15) is 0 Å². The molecule has 16 rings (SSSR count). The maximum atomic E-state index is 2.72. The third kappa shape index (κ3) is 3.64. The molecule has 0 amide bonds. The van der Waals surface area contributed by atoms with Gasteiger partial charge < -0.3 is 9.13 Å². The van der Waals surface area contributed by atoms with E-state index in [-0.39, 0.29) is 6.71 Å². The van der Waals surface area contributed by atoms with Crippen LogP contribution >= 0.6 is 0 Å². The number of aryl methyl sites for hydroxylation is 1. The van der Waals surface area contributed by atoms with Crippen LogP contribution < -0.4 is 16.4 Å². The molecule has 10 aromatic carbocycles. The first-order chi connectivity index (χ1) is 31.2. The summed E-state index contributed by atoms with van der Waals surface area (Å²) in [5.74, 6) is 0. The van der Waals surface area contributed by atoms with Crippen LogP contribution in [-0.2, 0) is 5.41 Å². The Hall–Kier alpha value is -7.88. The molecular formula is C60H35BN2. The summed E-state index contributed by atoms with van der Waals surface area (Å²) in [5.41, 5.74) is 25.9. The summed E-state index contributed by atoms with van der Waals surface area (Å²) < 4.78 is 5.38. The molecule has 1 aliphatic carbocycles. The number of fused-ring (bicyclic) bond motifs is 15. The standard InChI is InChI=1S/C60H35BN2/c1-34-27-29-35(30-28-34)36-31-32-39(38-14-3-2-13-37(36)38)46-33-50-59-54-58(46)62-53-26-9-6-17-42(53)43-19-11-24-51(56(43)62)61(54)52-25-12-20-45-44-18-10-23-49(55(44)63(59)57(45)52)60(50)47-21-7-4-15-40(47)41-16-5-8-22-48(41)60/h2-33H,1H3. The second-order valence-corrected chi connectivity index (χ2v) is 18.3. The lowest BCUT2D eigenvalue weighted by Gasteiger charge is -2.44. The van der Waals surface area contributed by atoms with Gasteiger partial charge in [-0.25, -0.2) is 0 Å². The topological polar surface area (TPSA) is 9.86 Å². The number of hydrogen-bond donors (Lipinski definition) is 0. The molecule has 0 unspecified atom stereocenters. The summed E-state index contributed by atoms with van der Waals surface area (Å²) in [6.07, 6.45) is 0. The Kier molecular flexibility index (Phi) is 5.80. The highest BCUT2D eigenvalue weighted by Crippen LogP contribution is 2.62. The predicted octanol–water partition coefficient (Wildman–Crippen LogP) is 12.5. The SMILES string of the molecule is Cc1ccc(-c2ccc(-c3cc4c5c6c3-n3c7ccccc7c7cccc(c73)B6c3cccc6c7cccc(c7n-5c36)C43c4ccccc4-c4ccccc43)c3ccccc23)cc1. The van der Waals surface area contributed by atoms with Crippen molar-refractivity contribution in [1.29, 1.82) is 0 Å². The average molecular weight is 795 g/mol. The molecular weight excluding hydrogens is 759 g/mol. The first-order valence-electron chi connectivity index (χ1n) is 22.3. The van der Waals surface area contributed by atoms with E-state index in [1.165, 1.54) is 143 Å². The van der Waals surface area contributed by atoms with Crippen molar-refractivity contribution >= 4 is 77.5 Å². The van der Waals surface area contributed by atoms with E-state index in [1.54, 1.807) is 0 Å². The Balaban J connectivity index is 1.18. The molecule has 5 heterocycles. The Morgan fingerprint density at radius 1 is 0.365 bits per heavy atom. The van der Waals surface area contributed by atoms with Gasteiger partial charge in [0.05, 0.1) is 22.1 Å². The molecule has 0 bridgehead atoms. The highest BCUT2D eigenvalue weighted by Gasteiger charge is 2.54. The fourth-order valence-corrected chi connectivity index (χ4v) is 13.3. The van der Waals surface area contributed by atoms with Crippen LogP contribution in [-0.4, -0.2) is 15.8 Å². The second kappa shape index (κ2) is 11.1. The van der Waals surface area contributed by atoms with Gasteiger partial charge in [-0.15, -0.1) is 0 Å². The summed E-state index contributed by atoms with van der Waals surface area (Å²) in [5, 5.41) is 7.80. The smallest absolute Gasteiger partial charge is 0.252 e. The number of hydrogen-bond acceptors (Lipinski definition) is 0. The molecule has 2 aromatic heterocycles. The van der Waals surface area contributed by atoms with Gasteiger partial charge in [-0.1, -0.05) is 188 Å². The van der Waals surface area contributed by atoms with Gasteiger partial charge in [-0.3, -0.25) is 0 Å². The fraction of sp³-hybridized carbons (Fsp3) is 0.0333. The number of benzene rings is 10. The molecule has 0 fully saturated rings. The molecule has 3 heteroatoms. The van der Waals surface area contributed by atoms with Gasteiger partial charge in [0.25, 0.3) is 6.71 Å². The van der Waals surface area contributed by atoms with E-state index in [1.807, 2.05) is 0 Å². The van der Waals surface area contributed by atoms with E-state index in [2.05, 4.69) is 210 Å². The number of aromatic nitrogens is 2. The molecule has 63 heavy (non-hydrogen) atoms. The third-order valence-electron chi connectivity index (χ3n) is 15.6. The average Bonchev–Trinajstić information content (AvgIpc) is 3.97. The van der Waals surface area contributed by atoms with Crippen molar-refractivity contribution in [2.24, 2.45) is 0 Å². The third-order valence-corrected chi connectivity index (χ3v) is 15.6. The van der Waals surface area contributed by atoms with E-state index in [4.69, 9.17) is 0 Å². The summed E-state index contributed by atoms with van der Waals surface area (Å²) in [6.45, 7) is 2.19. The second-order valence-electron chi connectivity index (χ2n) is 18.3. The van der Waals surface area contributed by atoms with Crippen molar-refractivity contribution in [2.75, 3.05) is 0 Å². The summed E-state index contributed by atoms with van der Waals surface area (Å²) in [6, 6.07) is 74.6. The minimum atomic E-state index is -0.555. The lowest BCUT2D eigenvalue weighted by Crippen LogP contribution is -2.60. The van der Waals surface area contributed by atoms with E-state index in [0.717, 1.165) is 0 Å². The van der Waals surface area contributed by atoms with Crippen LogP contribution in [0.25, 0.3) is 99.1 Å². The van der Waals surface area contributed by atoms with Crippen LogP contribution in [0.5, 0.6) is 0 Å². The number of nitrogens with zero attached hydrogens (tertiary/aromatic N) is 2. The highest BCUT2D eigenvalue weighted by atomic mass is 15.1. The molecule has 12 aromatic rings. The molecule has 0 saturated carbocycles. The number of rotatable bonds is 2. The van der Waals surface area contributed by atoms with Gasteiger partial charge in [-0.05, 0) is 96.3 Å². The van der Waals surface area contributed by atoms with Crippen LogP contribution in [0.4, 0.5) is 0 Å². The summed E-state index contributed by atoms with van der Waals surface area (Å²) in [4.78, 5) is 0. The highest BCUT2D eigenvalue weighted by molar-refractivity contribution is 7.00. The lowest BCUT2D eigenvalue weighted by atomic mass is 9.33.